The molecule has 0 heterocycles. The highest BCUT2D eigenvalue weighted by molar-refractivity contribution is 5.80. The van der Waals surface area contributed by atoms with E-state index < -0.39 is 24.2 Å². The first kappa shape index (κ1) is 52.3. The standard InChI is InChI=1S/C49H91NO4/c1-3-5-7-9-11-13-15-16-17-18-19-20-21-22-23-24-25-26-27-28-29-30-31-32-33-34-36-38-40-42-44-48(53)49(54)50-46(45-51)47(52)43-41-39-37-35-14-12-10-8-6-4-2/h14,19-20,22-23,35,41,43,46-48,51-53H,3-13,15-18,21,24-34,36-40,42,44-45H2,1-2H3,(H,50,54)/b20-19-,23-22-,35-14+,43-41+. The second-order valence-electron chi connectivity index (χ2n) is 16.0. The third-order valence-electron chi connectivity index (χ3n) is 10.6. The van der Waals surface area contributed by atoms with E-state index in [1.165, 1.54) is 167 Å². The average molecular weight is 758 g/mol. The predicted molar refractivity (Wildman–Crippen MR) is 236 cm³/mol. The Bertz CT molecular complexity index is 881. The lowest BCUT2D eigenvalue weighted by molar-refractivity contribution is -0.131. The van der Waals surface area contributed by atoms with Gasteiger partial charge in [0.05, 0.1) is 18.8 Å². The highest BCUT2D eigenvalue weighted by atomic mass is 16.3. The molecule has 0 bridgehead atoms. The molecule has 0 radical (unpaired) electrons. The number of aliphatic hydroxyl groups is 3. The summed E-state index contributed by atoms with van der Waals surface area (Å²) >= 11 is 0. The van der Waals surface area contributed by atoms with Crippen LogP contribution in [0, 0.1) is 0 Å². The first-order valence-electron chi connectivity index (χ1n) is 23.5. The number of hydrogen-bond donors (Lipinski definition) is 4. The number of hydrogen-bond acceptors (Lipinski definition) is 4. The predicted octanol–water partition coefficient (Wildman–Crippen LogP) is 13.7. The number of unbranched alkanes of at least 4 members (excludes halogenated alkanes) is 28. The van der Waals surface area contributed by atoms with Gasteiger partial charge in [0.15, 0.2) is 0 Å². The maximum Gasteiger partial charge on any atom is 0.249 e. The van der Waals surface area contributed by atoms with Crippen LogP contribution >= 0.6 is 0 Å². The summed E-state index contributed by atoms with van der Waals surface area (Å²) in [6, 6.07) is -0.813. The number of aliphatic hydroxyl groups excluding tert-OH is 3. The van der Waals surface area contributed by atoms with Gasteiger partial charge in [0, 0.05) is 0 Å². The fourth-order valence-corrected chi connectivity index (χ4v) is 6.94. The number of carbonyl (C=O) groups excluding carboxylic acids is 1. The second kappa shape index (κ2) is 44.0. The van der Waals surface area contributed by atoms with Crippen LogP contribution in [0.25, 0.3) is 0 Å². The van der Waals surface area contributed by atoms with Crippen LogP contribution in [0.5, 0.6) is 0 Å². The summed E-state index contributed by atoms with van der Waals surface area (Å²) in [6.45, 7) is 4.13. The van der Waals surface area contributed by atoms with Gasteiger partial charge in [-0.05, 0) is 64.2 Å². The van der Waals surface area contributed by atoms with E-state index in [0.29, 0.717) is 6.42 Å². The molecule has 316 valence electrons. The van der Waals surface area contributed by atoms with Gasteiger partial charge in [-0.25, -0.2) is 0 Å². The molecular formula is C49H91NO4. The quantitative estimate of drug-likeness (QED) is 0.0369. The van der Waals surface area contributed by atoms with E-state index in [1.54, 1.807) is 6.08 Å². The summed E-state index contributed by atoms with van der Waals surface area (Å²) in [5.41, 5.74) is 0. The third kappa shape index (κ3) is 38.6. The summed E-state index contributed by atoms with van der Waals surface area (Å²) < 4.78 is 0. The van der Waals surface area contributed by atoms with Crippen LogP contribution in [0.4, 0.5) is 0 Å². The fraction of sp³-hybridized carbons (Fsp3) is 0.816. The van der Waals surface area contributed by atoms with Crippen molar-refractivity contribution in [2.45, 2.75) is 250 Å². The molecule has 1 amide bonds. The fourth-order valence-electron chi connectivity index (χ4n) is 6.94. The first-order chi connectivity index (χ1) is 26.6. The number of amides is 1. The Morgan fingerprint density at radius 1 is 0.463 bits per heavy atom. The minimum Gasteiger partial charge on any atom is -0.394 e. The summed E-state index contributed by atoms with van der Waals surface area (Å²) in [7, 11) is 0. The SMILES string of the molecule is CCCCCC/C=C/CC/C=C/C(O)C(CO)NC(=O)C(O)CCCCCCCCCCCCCCCC/C=C\C/C=C\CCCCCCCCCCC. The molecular weight excluding hydrogens is 667 g/mol. The van der Waals surface area contributed by atoms with Crippen molar-refractivity contribution in [2.75, 3.05) is 6.61 Å². The zero-order chi connectivity index (χ0) is 39.4. The van der Waals surface area contributed by atoms with Crippen molar-refractivity contribution in [3.8, 4) is 0 Å². The van der Waals surface area contributed by atoms with E-state index in [-0.39, 0.29) is 6.61 Å². The van der Waals surface area contributed by atoms with Gasteiger partial charge >= 0.3 is 0 Å². The Kier molecular flexibility index (Phi) is 42.7. The molecule has 5 heteroatoms. The summed E-state index contributed by atoms with van der Waals surface area (Å²) in [4.78, 5) is 12.4. The van der Waals surface area contributed by atoms with Gasteiger partial charge < -0.3 is 20.6 Å². The summed E-state index contributed by atoms with van der Waals surface area (Å²) in [5.74, 6) is -0.516. The number of rotatable bonds is 42. The summed E-state index contributed by atoms with van der Waals surface area (Å²) in [6.07, 6.45) is 57.4. The monoisotopic (exact) mass is 758 g/mol. The lowest BCUT2D eigenvalue weighted by atomic mass is 10.0. The van der Waals surface area contributed by atoms with Gasteiger partial charge in [0.25, 0.3) is 0 Å². The number of carbonyl (C=O) groups is 1. The highest BCUT2D eigenvalue weighted by Crippen LogP contribution is 2.15. The molecule has 4 N–H and O–H groups in total. The second-order valence-corrected chi connectivity index (χ2v) is 16.0. The molecule has 0 aliphatic heterocycles. The smallest absolute Gasteiger partial charge is 0.249 e. The zero-order valence-corrected chi connectivity index (χ0v) is 35.8. The van der Waals surface area contributed by atoms with Gasteiger partial charge in [0.1, 0.15) is 6.10 Å². The molecule has 0 saturated heterocycles. The Labute approximate surface area is 336 Å². The molecule has 54 heavy (non-hydrogen) atoms. The first-order valence-corrected chi connectivity index (χ1v) is 23.5. The van der Waals surface area contributed by atoms with E-state index in [4.69, 9.17) is 0 Å². The molecule has 3 unspecified atom stereocenters. The van der Waals surface area contributed by atoms with Crippen molar-refractivity contribution < 1.29 is 20.1 Å². The van der Waals surface area contributed by atoms with E-state index in [0.717, 1.165) is 44.9 Å². The molecule has 3 atom stereocenters. The van der Waals surface area contributed by atoms with Crippen molar-refractivity contribution in [3.05, 3.63) is 48.6 Å². The molecule has 0 spiro atoms. The number of allylic oxidation sites excluding steroid dienone is 7. The topological polar surface area (TPSA) is 89.8 Å². The zero-order valence-electron chi connectivity index (χ0n) is 35.8. The molecule has 0 aromatic rings. The molecule has 0 aromatic carbocycles. The van der Waals surface area contributed by atoms with Crippen LogP contribution in [-0.2, 0) is 4.79 Å². The van der Waals surface area contributed by atoms with Crippen molar-refractivity contribution in [3.63, 3.8) is 0 Å². The van der Waals surface area contributed by atoms with Gasteiger partial charge in [-0.2, -0.15) is 0 Å². The van der Waals surface area contributed by atoms with Gasteiger partial charge in [0.2, 0.25) is 5.91 Å². The van der Waals surface area contributed by atoms with Crippen molar-refractivity contribution >= 4 is 5.91 Å². The lowest BCUT2D eigenvalue weighted by Gasteiger charge is -2.21. The molecule has 0 fully saturated rings. The van der Waals surface area contributed by atoms with E-state index in [2.05, 4.69) is 55.6 Å². The summed E-state index contributed by atoms with van der Waals surface area (Å²) in [5, 5.41) is 33.0. The third-order valence-corrected chi connectivity index (χ3v) is 10.6. The molecule has 0 rings (SSSR count). The molecule has 0 aliphatic rings. The van der Waals surface area contributed by atoms with Gasteiger partial charge in [-0.15, -0.1) is 0 Å². The average Bonchev–Trinajstić information content (AvgIpc) is 3.18. The normalized spacial score (nSPS) is 13.9. The molecule has 0 aromatic heterocycles. The Balaban J connectivity index is 3.56. The van der Waals surface area contributed by atoms with E-state index in [1.807, 2.05) is 6.08 Å². The maximum atomic E-state index is 12.4. The minimum absolute atomic E-state index is 0.377. The van der Waals surface area contributed by atoms with Crippen molar-refractivity contribution in [2.24, 2.45) is 0 Å². The Morgan fingerprint density at radius 3 is 1.26 bits per heavy atom. The Morgan fingerprint density at radius 2 is 0.815 bits per heavy atom. The molecule has 0 aliphatic carbocycles. The van der Waals surface area contributed by atoms with Crippen molar-refractivity contribution in [1.82, 2.24) is 5.32 Å². The minimum atomic E-state index is -1.11. The molecule has 5 nitrogen and oxygen atoms in total. The van der Waals surface area contributed by atoms with Gasteiger partial charge in [-0.3, -0.25) is 4.79 Å². The molecule has 0 saturated carbocycles. The van der Waals surface area contributed by atoms with Crippen LogP contribution in [0.15, 0.2) is 48.6 Å². The van der Waals surface area contributed by atoms with Gasteiger partial charge in [-0.1, -0.05) is 217 Å². The van der Waals surface area contributed by atoms with E-state index in [9.17, 15) is 20.1 Å². The van der Waals surface area contributed by atoms with Crippen LogP contribution in [0.2, 0.25) is 0 Å². The Hall–Kier alpha value is -1.69. The lowest BCUT2D eigenvalue weighted by Crippen LogP contribution is -2.48. The van der Waals surface area contributed by atoms with Crippen LogP contribution in [0.1, 0.15) is 232 Å². The van der Waals surface area contributed by atoms with Crippen LogP contribution in [0.3, 0.4) is 0 Å². The highest BCUT2D eigenvalue weighted by Gasteiger charge is 2.22. The number of nitrogens with one attached hydrogen (secondary N) is 1. The van der Waals surface area contributed by atoms with E-state index >= 15 is 0 Å². The van der Waals surface area contributed by atoms with Crippen LogP contribution in [-0.4, -0.2) is 46.1 Å². The largest absolute Gasteiger partial charge is 0.394 e. The van der Waals surface area contributed by atoms with Crippen LogP contribution < -0.4 is 5.32 Å². The maximum absolute atomic E-state index is 12.4. The van der Waals surface area contributed by atoms with Crippen molar-refractivity contribution in [1.29, 1.82) is 0 Å².